The Kier molecular flexibility index (Phi) is 4.97. The fourth-order valence-electron chi connectivity index (χ4n) is 3.21. The molecule has 0 fully saturated rings. The van der Waals surface area contributed by atoms with Crippen molar-refractivity contribution in [3.05, 3.63) is 53.9 Å². The van der Waals surface area contributed by atoms with Crippen molar-refractivity contribution in [2.24, 2.45) is 0 Å². The topological polar surface area (TPSA) is 77.7 Å². The number of methoxy groups -OCH3 is 1. The molecule has 0 aliphatic carbocycles. The van der Waals surface area contributed by atoms with Crippen molar-refractivity contribution in [1.82, 2.24) is 10.1 Å². The van der Waals surface area contributed by atoms with Gasteiger partial charge in [0.15, 0.2) is 6.61 Å². The first-order chi connectivity index (χ1) is 13.7. The molecule has 1 amide bonds. The molecule has 0 unspecified atom stereocenters. The Morgan fingerprint density at radius 2 is 2.11 bits per heavy atom. The van der Waals surface area contributed by atoms with Gasteiger partial charge in [-0.2, -0.15) is 4.98 Å². The molecule has 1 aliphatic heterocycles. The first kappa shape index (κ1) is 18.0. The quantitative estimate of drug-likeness (QED) is 0.653. The van der Waals surface area contributed by atoms with E-state index in [1.807, 2.05) is 49.4 Å². The number of amides is 1. The number of hydrogen-bond donors (Lipinski definition) is 0. The van der Waals surface area contributed by atoms with Gasteiger partial charge in [0.1, 0.15) is 11.5 Å². The maximum Gasteiger partial charge on any atom is 0.265 e. The van der Waals surface area contributed by atoms with E-state index in [-0.39, 0.29) is 12.5 Å². The van der Waals surface area contributed by atoms with Crippen LogP contribution in [0.4, 0.5) is 5.69 Å². The molecule has 144 valence electrons. The van der Waals surface area contributed by atoms with Crippen molar-refractivity contribution < 1.29 is 18.8 Å². The van der Waals surface area contributed by atoms with Crippen LogP contribution in [0, 0.1) is 0 Å². The highest BCUT2D eigenvalue weighted by atomic mass is 16.5. The van der Waals surface area contributed by atoms with E-state index in [2.05, 4.69) is 10.1 Å². The van der Waals surface area contributed by atoms with Crippen molar-refractivity contribution >= 4 is 11.6 Å². The zero-order valence-electron chi connectivity index (χ0n) is 15.8. The Morgan fingerprint density at radius 1 is 1.21 bits per heavy atom. The summed E-state index contributed by atoms with van der Waals surface area (Å²) >= 11 is 0. The summed E-state index contributed by atoms with van der Waals surface area (Å²) in [6, 6.07) is 13.3. The van der Waals surface area contributed by atoms with Crippen LogP contribution in [0.15, 0.2) is 47.0 Å². The second-order valence-electron chi connectivity index (χ2n) is 6.56. The van der Waals surface area contributed by atoms with Crippen molar-refractivity contribution in [3.63, 3.8) is 0 Å². The number of aromatic nitrogens is 2. The molecular weight excluding hydrogens is 358 g/mol. The summed E-state index contributed by atoms with van der Waals surface area (Å²) in [5.74, 6) is 2.43. The summed E-state index contributed by atoms with van der Waals surface area (Å²) in [6.07, 6.45) is 1.38. The second kappa shape index (κ2) is 7.72. The highest BCUT2D eigenvalue weighted by Gasteiger charge is 2.25. The molecule has 0 radical (unpaired) electrons. The molecule has 0 saturated carbocycles. The molecule has 0 saturated heterocycles. The zero-order chi connectivity index (χ0) is 19.5. The van der Waals surface area contributed by atoms with Gasteiger partial charge in [0.25, 0.3) is 5.91 Å². The zero-order valence-corrected chi connectivity index (χ0v) is 15.8. The van der Waals surface area contributed by atoms with Gasteiger partial charge in [-0.25, -0.2) is 0 Å². The molecular formula is C21H21N3O4. The molecule has 3 aromatic rings. The van der Waals surface area contributed by atoms with Crippen LogP contribution < -0.4 is 14.4 Å². The first-order valence-electron chi connectivity index (χ1n) is 9.21. The van der Waals surface area contributed by atoms with Gasteiger partial charge in [0.05, 0.1) is 19.2 Å². The van der Waals surface area contributed by atoms with Crippen LogP contribution in [0.3, 0.4) is 0 Å². The van der Waals surface area contributed by atoms with Crippen LogP contribution in [0.1, 0.15) is 24.8 Å². The number of hydrogen-bond acceptors (Lipinski definition) is 6. The lowest BCUT2D eigenvalue weighted by atomic mass is 10.1. The Balaban J connectivity index is 1.59. The molecule has 2 aromatic carbocycles. The molecule has 0 spiro atoms. The predicted octanol–water partition coefficient (Wildman–Crippen LogP) is 3.47. The SMILES string of the molecule is CCCN1C(=O)COc2ccc(-c3noc(Cc4cccc(OC)c4)n3)cc21. The van der Waals surface area contributed by atoms with Gasteiger partial charge in [-0.15, -0.1) is 0 Å². The van der Waals surface area contributed by atoms with Crippen molar-refractivity contribution in [3.8, 4) is 22.9 Å². The minimum Gasteiger partial charge on any atom is -0.497 e. The summed E-state index contributed by atoms with van der Waals surface area (Å²) in [7, 11) is 1.64. The summed E-state index contributed by atoms with van der Waals surface area (Å²) in [5, 5.41) is 4.10. The summed E-state index contributed by atoms with van der Waals surface area (Å²) < 4.78 is 16.2. The molecule has 28 heavy (non-hydrogen) atoms. The number of rotatable bonds is 6. The van der Waals surface area contributed by atoms with Gasteiger partial charge in [0.2, 0.25) is 11.7 Å². The Morgan fingerprint density at radius 3 is 2.93 bits per heavy atom. The molecule has 7 heteroatoms. The maximum absolute atomic E-state index is 12.2. The number of fused-ring (bicyclic) bond motifs is 1. The fraction of sp³-hybridized carbons (Fsp3) is 0.286. The lowest BCUT2D eigenvalue weighted by Crippen LogP contribution is -2.39. The Bertz CT molecular complexity index is 999. The molecule has 0 atom stereocenters. The van der Waals surface area contributed by atoms with Gasteiger partial charge in [-0.3, -0.25) is 4.79 Å². The van der Waals surface area contributed by atoms with Gasteiger partial charge < -0.3 is 18.9 Å². The monoisotopic (exact) mass is 379 g/mol. The molecule has 1 aliphatic rings. The van der Waals surface area contributed by atoms with Crippen molar-refractivity contribution in [1.29, 1.82) is 0 Å². The summed E-state index contributed by atoms with van der Waals surface area (Å²) in [5.41, 5.74) is 2.54. The Labute approximate surface area is 162 Å². The van der Waals surface area contributed by atoms with E-state index >= 15 is 0 Å². The molecule has 2 heterocycles. The first-order valence-corrected chi connectivity index (χ1v) is 9.21. The lowest BCUT2D eigenvalue weighted by Gasteiger charge is -2.29. The lowest BCUT2D eigenvalue weighted by molar-refractivity contribution is -0.121. The van der Waals surface area contributed by atoms with E-state index in [9.17, 15) is 4.79 Å². The van der Waals surface area contributed by atoms with E-state index in [0.717, 1.165) is 29.0 Å². The maximum atomic E-state index is 12.2. The average Bonchev–Trinajstić information content (AvgIpc) is 3.18. The summed E-state index contributed by atoms with van der Waals surface area (Å²) in [4.78, 5) is 18.5. The summed E-state index contributed by atoms with van der Waals surface area (Å²) in [6.45, 7) is 2.75. The third-order valence-corrected chi connectivity index (χ3v) is 4.56. The van der Waals surface area contributed by atoms with E-state index < -0.39 is 0 Å². The van der Waals surface area contributed by atoms with Crippen LogP contribution in [-0.4, -0.2) is 36.3 Å². The van der Waals surface area contributed by atoms with Crippen molar-refractivity contribution in [2.75, 3.05) is 25.2 Å². The second-order valence-corrected chi connectivity index (χ2v) is 6.56. The average molecular weight is 379 g/mol. The number of nitrogens with zero attached hydrogens (tertiary/aromatic N) is 3. The van der Waals surface area contributed by atoms with E-state index in [0.29, 0.717) is 30.4 Å². The van der Waals surface area contributed by atoms with Gasteiger partial charge >= 0.3 is 0 Å². The smallest absolute Gasteiger partial charge is 0.265 e. The molecule has 0 N–H and O–H groups in total. The number of ether oxygens (including phenoxy) is 2. The van der Waals surface area contributed by atoms with Crippen LogP contribution in [0.25, 0.3) is 11.4 Å². The van der Waals surface area contributed by atoms with Gasteiger partial charge in [-0.1, -0.05) is 24.2 Å². The van der Waals surface area contributed by atoms with E-state index in [1.54, 1.807) is 12.0 Å². The molecule has 1 aromatic heterocycles. The molecule has 7 nitrogen and oxygen atoms in total. The van der Waals surface area contributed by atoms with Gasteiger partial charge in [0, 0.05) is 12.1 Å². The van der Waals surface area contributed by atoms with Gasteiger partial charge in [-0.05, 0) is 42.3 Å². The third-order valence-electron chi connectivity index (χ3n) is 4.56. The molecule has 4 rings (SSSR count). The highest BCUT2D eigenvalue weighted by molar-refractivity contribution is 5.98. The van der Waals surface area contributed by atoms with Crippen LogP contribution in [0.2, 0.25) is 0 Å². The van der Waals surface area contributed by atoms with Crippen molar-refractivity contribution in [2.45, 2.75) is 19.8 Å². The van der Waals surface area contributed by atoms with E-state index in [1.165, 1.54) is 0 Å². The third kappa shape index (κ3) is 3.55. The predicted molar refractivity (Wildman–Crippen MR) is 104 cm³/mol. The van der Waals surface area contributed by atoms with Crippen LogP contribution in [-0.2, 0) is 11.2 Å². The van der Waals surface area contributed by atoms with Crippen LogP contribution >= 0.6 is 0 Å². The Hall–Kier alpha value is -3.35. The number of carbonyl (C=O) groups is 1. The minimum absolute atomic E-state index is 0.0432. The number of anilines is 1. The number of carbonyl (C=O) groups excluding carboxylic acids is 1. The fourth-order valence-corrected chi connectivity index (χ4v) is 3.21. The van der Waals surface area contributed by atoms with Crippen LogP contribution in [0.5, 0.6) is 11.5 Å². The number of benzene rings is 2. The molecule has 0 bridgehead atoms. The highest BCUT2D eigenvalue weighted by Crippen LogP contribution is 2.35. The largest absolute Gasteiger partial charge is 0.497 e. The standard InChI is InChI=1S/C21H21N3O4/c1-3-9-24-17-12-15(7-8-18(17)27-13-20(24)25)21-22-19(28-23-21)11-14-5-4-6-16(10-14)26-2/h4-8,10,12H,3,9,11,13H2,1-2H3. The minimum atomic E-state index is -0.0432. The van der Waals surface area contributed by atoms with E-state index in [4.69, 9.17) is 14.0 Å². The normalized spacial score (nSPS) is 13.2.